The Balaban J connectivity index is 1.34. The summed E-state index contributed by atoms with van der Waals surface area (Å²) in [7, 11) is 0. The average molecular weight is 435 g/mol. The van der Waals surface area contributed by atoms with E-state index >= 15 is 0 Å². The standard InChI is InChI=1S/C25H26N2O3S/c1-19-8-7-11-21(16-19)27-25(29)18-31-17-24(28)26-14-15-30-23-13-6-5-12-22(23)20-9-3-2-4-10-20/h2-13,16H,14-15,17-18H2,1H3,(H,26,28)(H,27,29). The van der Waals surface area contributed by atoms with E-state index in [1.54, 1.807) is 0 Å². The zero-order valence-electron chi connectivity index (χ0n) is 17.5. The molecule has 0 atom stereocenters. The largest absolute Gasteiger partial charge is 0.491 e. The van der Waals surface area contributed by atoms with Gasteiger partial charge in [-0.2, -0.15) is 0 Å². The van der Waals surface area contributed by atoms with Crippen LogP contribution in [0.5, 0.6) is 5.75 Å². The maximum absolute atomic E-state index is 12.0. The molecular formula is C25H26N2O3S. The molecule has 0 aromatic heterocycles. The Morgan fingerprint density at radius 2 is 1.61 bits per heavy atom. The van der Waals surface area contributed by atoms with Gasteiger partial charge in [0.2, 0.25) is 11.8 Å². The molecule has 6 heteroatoms. The number of rotatable bonds is 10. The van der Waals surface area contributed by atoms with E-state index in [1.165, 1.54) is 11.8 Å². The lowest BCUT2D eigenvalue weighted by Gasteiger charge is -2.12. The Morgan fingerprint density at radius 1 is 0.871 bits per heavy atom. The molecule has 160 valence electrons. The smallest absolute Gasteiger partial charge is 0.234 e. The number of amides is 2. The van der Waals surface area contributed by atoms with Gasteiger partial charge in [-0.3, -0.25) is 9.59 Å². The van der Waals surface area contributed by atoms with Crippen molar-refractivity contribution in [2.45, 2.75) is 6.92 Å². The first-order valence-electron chi connectivity index (χ1n) is 10.1. The van der Waals surface area contributed by atoms with Gasteiger partial charge >= 0.3 is 0 Å². The number of nitrogens with one attached hydrogen (secondary N) is 2. The third-order valence-electron chi connectivity index (χ3n) is 4.42. The molecule has 3 rings (SSSR count). The Kier molecular flexibility index (Phi) is 8.55. The van der Waals surface area contributed by atoms with Crippen LogP contribution >= 0.6 is 11.8 Å². The van der Waals surface area contributed by atoms with Gasteiger partial charge in [0.1, 0.15) is 12.4 Å². The minimum absolute atomic E-state index is 0.117. The molecule has 31 heavy (non-hydrogen) atoms. The Bertz CT molecular complexity index is 1010. The number of benzene rings is 3. The lowest BCUT2D eigenvalue weighted by atomic mass is 10.1. The van der Waals surface area contributed by atoms with E-state index < -0.39 is 0 Å². The zero-order chi connectivity index (χ0) is 21.9. The zero-order valence-corrected chi connectivity index (χ0v) is 18.3. The van der Waals surface area contributed by atoms with E-state index in [9.17, 15) is 9.59 Å². The molecule has 3 aromatic rings. The Morgan fingerprint density at radius 3 is 2.42 bits per heavy atom. The molecule has 5 nitrogen and oxygen atoms in total. The number of anilines is 1. The topological polar surface area (TPSA) is 67.4 Å². The van der Waals surface area contributed by atoms with Gasteiger partial charge in [0.25, 0.3) is 0 Å². The molecule has 0 radical (unpaired) electrons. The van der Waals surface area contributed by atoms with Crippen LogP contribution in [-0.4, -0.2) is 36.5 Å². The van der Waals surface area contributed by atoms with Crippen LogP contribution in [0.1, 0.15) is 5.56 Å². The monoisotopic (exact) mass is 434 g/mol. The predicted molar refractivity (Wildman–Crippen MR) is 128 cm³/mol. The molecule has 0 aliphatic heterocycles. The van der Waals surface area contributed by atoms with Crippen molar-refractivity contribution in [3.05, 3.63) is 84.4 Å². The maximum atomic E-state index is 12.0. The molecule has 0 saturated heterocycles. The summed E-state index contributed by atoms with van der Waals surface area (Å²) in [4.78, 5) is 24.0. The fourth-order valence-electron chi connectivity index (χ4n) is 3.01. The number of hydrogen-bond donors (Lipinski definition) is 2. The number of para-hydroxylation sites is 1. The molecule has 2 amide bonds. The quantitative estimate of drug-likeness (QED) is 0.460. The number of carbonyl (C=O) groups is 2. The fourth-order valence-corrected chi connectivity index (χ4v) is 3.65. The van der Waals surface area contributed by atoms with Crippen LogP contribution in [0.15, 0.2) is 78.9 Å². The van der Waals surface area contributed by atoms with Gasteiger partial charge in [-0.05, 0) is 36.2 Å². The summed E-state index contributed by atoms with van der Waals surface area (Å²) in [6.45, 7) is 2.74. The van der Waals surface area contributed by atoms with E-state index in [4.69, 9.17) is 4.74 Å². The third kappa shape index (κ3) is 7.50. The molecule has 0 aliphatic rings. The van der Waals surface area contributed by atoms with E-state index in [1.807, 2.05) is 85.8 Å². The highest BCUT2D eigenvalue weighted by Crippen LogP contribution is 2.29. The number of carbonyl (C=O) groups excluding carboxylic acids is 2. The van der Waals surface area contributed by atoms with Gasteiger partial charge in [-0.15, -0.1) is 11.8 Å². The van der Waals surface area contributed by atoms with Crippen molar-refractivity contribution in [2.75, 3.05) is 30.0 Å². The van der Waals surface area contributed by atoms with Crippen LogP contribution in [0.2, 0.25) is 0 Å². The van der Waals surface area contributed by atoms with Crippen LogP contribution < -0.4 is 15.4 Å². The van der Waals surface area contributed by atoms with Gasteiger partial charge in [0.05, 0.1) is 18.1 Å². The van der Waals surface area contributed by atoms with Crippen molar-refractivity contribution in [3.63, 3.8) is 0 Å². The second kappa shape index (κ2) is 11.8. The van der Waals surface area contributed by atoms with Crippen molar-refractivity contribution < 1.29 is 14.3 Å². The van der Waals surface area contributed by atoms with Gasteiger partial charge in [-0.1, -0.05) is 60.7 Å². The van der Waals surface area contributed by atoms with Crippen LogP contribution in [-0.2, 0) is 9.59 Å². The summed E-state index contributed by atoms with van der Waals surface area (Å²) in [6.07, 6.45) is 0. The summed E-state index contributed by atoms with van der Waals surface area (Å²) in [6, 6.07) is 25.5. The molecule has 0 spiro atoms. The van der Waals surface area contributed by atoms with Crippen molar-refractivity contribution in [1.82, 2.24) is 5.32 Å². The lowest BCUT2D eigenvalue weighted by molar-refractivity contribution is -0.118. The first-order valence-corrected chi connectivity index (χ1v) is 11.3. The van der Waals surface area contributed by atoms with Gasteiger partial charge in [0.15, 0.2) is 0 Å². The molecule has 0 bridgehead atoms. The molecule has 0 aliphatic carbocycles. The van der Waals surface area contributed by atoms with Crippen molar-refractivity contribution in [1.29, 1.82) is 0 Å². The van der Waals surface area contributed by atoms with E-state index in [0.717, 1.165) is 28.1 Å². The van der Waals surface area contributed by atoms with Crippen molar-refractivity contribution in [3.8, 4) is 16.9 Å². The van der Waals surface area contributed by atoms with Crippen LogP contribution in [0.4, 0.5) is 5.69 Å². The molecule has 3 aromatic carbocycles. The van der Waals surface area contributed by atoms with E-state index in [0.29, 0.717) is 13.2 Å². The van der Waals surface area contributed by atoms with Gasteiger partial charge < -0.3 is 15.4 Å². The Hall–Kier alpha value is -3.25. The highest BCUT2D eigenvalue weighted by atomic mass is 32.2. The number of ether oxygens (including phenoxy) is 1. The third-order valence-corrected chi connectivity index (χ3v) is 5.35. The second-order valence-electron chi connectivity index (χ2n) is 6.97. The Labute approximate surface area is 187 Å². The lowest BCUT2D eigenvalue weighted by Crippen LogP contribution is -2.30. The molecule has 0 saturated carbocycles. The number of thioether (sulfide) groups is 1. The molecular weight excluding hydrogens is 408 g/mol. The summed E-state index contributed by atoms with van der Waals surface area (Å²) in [5, 5.41) is 5.66. The highest BCUT2D eigenvalue weighted by Gasteiger charge is 2.08. The van der Waals surface area contributed by atoms with Crippen molar-refractivity contribution >= 4 is 29.3 Å². The predicted octanol–water partition coefficient (Wildman–Crippen LogP) is 4.53. The van der Waals surface area contributed by atoms with Crippen LogP contribution in [0.25, 0.3) is 11.1 Å². The molecule has 0 fully saturated rings. The molecule has 2 N–H and O–H groups in total. The van der Waals surface area contributed by atoms with Gasteiger partial charge in [0, 0.05) is 11.3 Å². The maximum Gasteiger partial charge on any atom is 0.234 e. The number of aryl methyl sites for hydroxylation is 1. The van der Waals surface area contributed by atoms with E-state index in [-0.39, 0.29) is 23.3 Å². The van der Waals surface area contributed by atoms with Crippen molar-refractivity contribution in [2.24, 2.45) is 0 Å². The average Bonchev–Trinajstić information content (AvgIpc) is 2.77. The fraction of sp³-hybridized carbons (Fsp3) is 0.200. The molecule has 0 heterocycles. The number of hydrogen-bond acceptors (Lipinski definition) is 4. The second-order valence-corrected chi connectivity index (χ2v) is 7.96. The minimum atomic E-state index is -0.121. The SMILES string of the molecule is Cc1cccc(NC(=O)CSCC(=O)NCCOc2ccccc2-c2ccccc2)c1. The first-order chi connectivity index (χ1) is 15.1. The summed E-state index contributed by atoms with van der Waals surface area (Å²) in [5.41, 5.74) is 3.95. The highest BCUT2D eigenvalue weighted by molar-refractivity contribution is 8.00. The van der Waals surface area contributed by atoms with E-state index in [2.05, 4.69) is 10.6 Å². The molecule has 0 unspecified atom stereocenters. The summed E-state index contributed by atoms with van der Waals surface area (Å²) in [5.74, 6) is 0.993. The summed E-state index contributed by atoms with van der Waals surface area (Å²) >= 11 is 1.28. The van der Waals surface area contributed by atoms with Gasteiger partial charge in [-0.25, -0.2) is 0 Å². The summed E-state index contributed by atoms with van der Waals surface area (Å²) < 4.78 is 5.88. The minimum Gasteiger partial charge on any atom is -0.491 e. The van der Waals surface area contributed by atoms with Crippen LogP contribution in [0, 0.1) is 6.92 Å². The normalized spacial score (nSPS) is 10.4. The first kappa shape index (κ1) is 22.4. The van der Waals surface area contributed by atoms with Crippen LogP contribution in [0.3, 0.4) is 0 Å².